The highest BCUT2D eigenvalue weighted by molar-refractivity contribution is 5.64. The number of hydrazine groups is 1. The number of nitrogens with one attached hydrogen (secondary N) is 2. The van der Waals surface area contributed by atoms with Gasteiger partial charge < -0.3 is 10.1 Å². The van der Waals surface area contributed by atoms with E-state index in [1.54, 1.807) is 19.4 Å². The molecule has 6 nitrogen and oxygen atoms in total. The van der Waals surface area contributed by atoms with E-state index < -0.39 is 0 Å². The lowest BCUT2D eigenvalue weighted by Gasteiger charge is -2.10. The number of nitrogens with two attached hydrogens (primary N) is 1. The molecule has 17 heavy (non-hydrogen) atoms. The largest absolute Gasteiger partial charge is 0.495 e. The smallest absolute Gasteiger partial charge is 0.239 e. The Balaban J connectivity index is 2.24. The van der Waals surface area contributed by atoms with E-state index in [4.69, 9.17) is 10.6 Å². The highest BCUT2D eigenvalue weighted by Crippen LogP contribution is 2.26. The Kier molecular flexibility index (Phi) is 3.37. The van der Waals surface area contributed by atoms with Gasteiger partial charge in [-0.3, -0.25) is 5.43 Å². The molecule has 1 aromatic heterocycles. The van der Waals surface area contributed by atoms with E-state index in [1.807, 2.05) is 24.3 Å². The second-order valence-electron chi connectivity index (χ2n) is 3.24. The molecule has 0 atom stereocenters. The van der Waals surface area contributed by atoms with E-state index in [9.17, 15) is 0 Å². The van der Waals surface area contributed by atoms with E-state index in [1.165, 1.54) is 0 Å². The molecule has 0 fully saturated rings. The van der Waals surface area contributed by atoms with Gasteiger partial charge in [-0.2, -0.15) is 4.98 Å². The van der Waals surface area contributed by atoms with Crippen LogP contribution in [-0.2, 0) is 0 Å². The summed E-state index contributed by atoms with van der Waals surface area (Å²) >= 11 is 0. The van der Waals surface area contributed by atoms with Crippen LogP contribution in [0, 0.1) is 0 Å². The number of methoxy groups -OCH3 is 1. The minimum Gasteiger partial charge on any atom is -0.495 e. The molecule has 0 amide bonds. The fraction of sp³-hybridized carbons (Fsp3) is 0.0909. The minimum atomic E-state index is 0.352. The summed E-state index contributed by atoms with van der Waals surface area (Å²) in [5.41, 5.74) is 3.22. The van der Waals surface area contributed by atoms with E-state index in [0.29, 0.717) is 11.8 Å². The predicted molar refractivity (Wildman–Crippen MR) is 66.1 cm³/mol. The molecular weight excluding hydrogens is 218 g/mol. The summed E-state index contributed by atoms with van der Waals surface area (Å²) in [5.74, 6) is 6.97. The quantitative estimate of drug-likeness (QED) is 0.546. The lowest BCUT2D eigenvalue weighted by molar-refractivity contribution is 0.417. The van der Waals surface area contributed by atoms with Gasteiger partial charge in [0.1, 0.15) is 11.6 Å². The van der Waals surface area contributed by atoms with Gasteiger partial charge in [-0.15, -0.1) is 0 Å². The monoisotopic (exact) mass is 231 g/mol. The predicted octanol–water partition coefficient (Wildman–Crippen LogP) is 1.51. The average Bonchev–Trinajstić information content (AvgIpc) is 2.39. The Morgan fingerprint density at radius 1 is 1.24 bits per heavy atom. The average molecular weight is 231 g/mol. The van der Waals surface area contributed by atoms with Crippen molar-refractivity contribution in [3.63, 3.8) is 0 Å². The molecule has 0 aliphatic rings. The Morgan fingerprint density at radius 3 is 2.82 bits per heavy atom. The standard InChI is InChI=1S/C11H13N5O/c1-17-9-5-3-2-4-8(9)14-10-6-7-13-11(15-10)16-12/h2-7H,12H2,1H3,(H2,13,14,15,16). The van der Waals surface area contributed by atoms with Gasteiger partial charge in [-0.25, -0.2) is 10.8 Å². The zero-order valence-corrected chi connectivity index (χ0v) is 9.34. The molecule has 6 heteroatoms. The van der Waals surface area contributed by atoms with Crippen LogP contribution in [0.4, 0.5) is 17.5 Å². The highest BCUT2D eigenvalue weighted by Gasteiger charge is 2.03. The summed E-state index contributed by atoms with van der Waals surface area (Å²) in [7, 11) is 1.62. The van der Waals surface area contributed by atoms with Gasteiger partial charge >= 0.3 is 0 Å². The van der Waals surface area contributed by atoms with E-state index in [2.05, 4.69) is 20.7 Å². The first-order valence-electron chi connectivity index (χ1n) is 5.03. The molecule has 0 aliphatic carbocycles. The topological polar surface area (TPSA) is 85.1 Å². The number of rotatable bonds is 4. The normalized spacial score (nSPS) is 9.76. The van der Waals surface area contributed by atoms with Crippen LogP contribution in [0.25, 0.3) is 0 Å². The Bertz CT molecular complexity index is 503. The number of anilines is 3. The molecule has 88 valence electrons. The van der Waals surface area contributed by atoms with E-state index >= 15 is 0 Å². The maximum Gasteiger partial charge on any atom is 0.239 e. The fourth-order valence-corrected chi connectivity index (χ4v) is 1.38. The third-order valence-electron chi connectivity index (χ3n) is 2.15. The van der Waals surface area contributed by atoms with Crippen LogP contribution in [0.2, 0.25) is 0 Å². The Labute approximate surface area is 98.8 Å². The lowest BCUT2D eigenvalue weighted by Crippen LogP contribution is -2.10. The zero-order valence-electron chi connectivity index (χ0n) is 9.34. The molecule has 0 bridgehead atoms. The van der Waals surface area contributed by atoms with Crippen LogP contribution < -0.4 is 21.3 Å². The molecule has 0 radical (unpaired) electrons. The molecule has 2 rings (SSSR count). The SMILES string of the molecule is COc1ccccc1Nc1ccnc(NN)n1. The van der Waals surface area contributed by atoms with Crippen molar-refractivity contribution in [2.24, 2.45) is 5.84 Å². The number of benzene rings is 1. The molecule has 2 aromatic rings. The van der Waals surface area contributed by atoms with Crippen molar-refractivity contribution in [1.29, 1.82) is 0 Å². The fourth-order valence-electron chi connectivity index (χ4n) is 1.38. The molecule has 1 aromatic carbocycles. The minimum absolute atomic E-state index is 0.352. The zero-order chi connectivity index (χ0) is 12.1. The summed E-state index contributed by atoms with van der Waals surface area (Å²) in [6.45, 7) is 0. The number of ether oxygens (including phenoxy) is 1. The summed E-state index contributed by atoms with van der Waals surface area (Å²) in [5, 5.41) is 3.13. The summed E-state index contributed by atoms with van der Waals surface area (Å²) < 4.78 is 5.23. The van der Waals surface area contributed by atoms with Crippen molar-refractivity contribution < 1.29 is 4.74 Å². The first-order valence-corrected chi connectivity index (χ1v) is 5.03. The van der Waals surface area contributed by atoms with E-state index in [0.717, 1.165) is 11.4 Å². The second-order valence-corrected chi connectivity index (χ2v) is 3.24. The summed E-state index contributed by atoms with van der Waals surface area (Å²) in [6.07, 6.45) is 1.61. The third kappa shape index (κ3) is 2.61. The van der Waals surface area contributed by atoms with Gasteiger partial charge in [0, 0.05) is 6.20 Å². The Morgan fingerprint density at radius 2 is 2.06 bits per heavy atom. The van der Waals surface area contributed by atoms with Crippen LogP contribution in [0.1, 0.15) is 0 Å². The number of aromatic nitrogens is 2. The number of nitrogen functional groups attached to an aromatic ring is 1. The van der Waals surface area contributed by atoms with Crippen LogP contribution in [0.15, 0.2) is 36.5 Å². The van der Waals surface area contributed by atoms with Gasteiger partial charge in [0.25, 0.3) is 0 Å². The van der Waals surface area contributed by atoms with Crippen molar-refractivity contribution in [2.75, 3.05) is 17.9 Å². The summed E-state index contributed by atoms with van der Waals surface area (Å²) in [4.78, 5) is 8.07. The number of hydrogen-bond acceptors (Lipinski definition) is 6. The van der Waals surface area contributed by atoms with Gasteiger partial charge in [-0.1, -0.05) is 12.1 Å². The number of hydrogen-bond donors (Lipinski definition) is 3. The van der Waals surface area contributed by atoms with Crippen molar-refractivity contribution in [3.8, 4) is 5.75 Å². The van der Waals surface area contributed by atoms with Crippen LogP contribution >= 0.6 is 0 Å². The first kappa shape index (κ1) is 11.2. The molecule has 0 spiro atoms. The van der Waals surface area contributed by atoms with Gasteiger partial charge in [-0.05, 0) is 18.2 Å². The molecule has 0 saturated heterocycles. The van der Waals surface area contributed by atoms with Crippen LogP contribution in [0.5, 0.6) is 5.75 Å². The molecule has 1 heterocycles. The Hall–Kier alpha value is -2.34. The maximum atomic E-state index is 5.24. The lowest BCUT2D eigenvalue weighted by atomic mass is 10.3. The second kappa shape index (κ2) is 5.13. The van der Waals surface area contributed by atoms with Gasteiger partial charge in [0.2, 0.25) is 5.95 Å². The van der Waals surface area contributed by atoms with E-state index in [-0.39, 0.29) is 0 Å². The highest BCUT2D eigenvalue weighted by atomic mass is 16.5. The number of para-hydroxylation sites is 2. The van der Waals surface area contributed by atoms with Crippen LogP contribution in [-0.4, -0.2) is 17.1 Å². The third-order valence-corrected chi connectivity index (χ3v) is 2.15. The van der Waals surface area contributed by atoms with Crippen molar-refractivity contribution in [1.82, 2.24) is 9.97 Å². The van der Waals surface area contributed by atoms with Crippen molar-refractivity contribution in [3.05, 3.63) is 36.5 Å². The van der Waals surface area contributed by atoms with Crippen molar-refractivity contribution >= 4 is 17.5 Å². The van der Waals surface area contributed by atoms with Gasteiger partial charge in [0.15, 0.2) is 0 Å². The summed E-state index contributed by atoms with van der Waals surface area (Å²) in [6, 6.07) is 9.32. The molecular formula is C11H13N5O. The van der Waals surface area contributed by atoms with Crippen LogP contribution in [0.3, 0.4) is 0 Å². The number of nitrogens with zero attached hydrogens (tertiary/aromatic N) is 2. The van der Waals surface area contributed by atoms with Crippen molar-refractivity contribution in [2.45, 2.75) is 0 Å². The molecule has 4 N–H and O–H groups in total. The molecule has 0 unspecified atom stereocenters. The van der Waals surface area contributed by atoms with Gasteiger partial charge in [0.05, 0.1) is 12.8 Å². The molecule has 0 saturated carbocycles. The molecule has 0 aliphatic heterocycles. The maximum absolute atomic E-state index is 5.24. The first-order chi connectivity index (χ1) is 8.33.